The quantitative estimate of drug-likeness (QED) is 0.165. The van der Waals surface area contributed by atoms with E-state index in [4.69, 9.17) is 9.47 Å². The Labute approximate surface area is 445 Å². The van der Waals surface area contributed by atoms with Crippen LogP contribution in [0.3, 0.4) is 0 Å². The topological polar surface area (TPSA) is 24.9 Å². The van der Waals surface area contributed by atoms with Crippen molar-refractivity contribution in [1.29, 1.82) is 0 Å². The molecule has 366 valence electrons. The number of rotatable bonds is 3. The predicted octanol–water partition coefficient (Wildman–Crippen LogP) is 18.3. The fourth-order valence-corrected chi connectivity index (χ4v) is 14.9. The van der Waals surface area contributed by atoms with E-state index in [0.717, 1.165) is 52.6 Å². The number of anilines is 5. The Kier molecular flexibility index (Phi) is 9.16. The van der Waals surface area contributed by atoms with Crippen LogP contribution in [0.2, 0.25) is 0 Å². The summed E-state index contributed by atoms with van der Waals surface area (Å²) < 4.78 is 16.5. The number of thiophene rings is 1. The Balaban J connectivity index is 1.13. The first-order chi connectivity index (χ1) is 36.0. The number of benzene rings is 9. The van der Waals surface area contributed by atoms with Crippen LogP contribution >= 0.6 is 11.3 Å². The third-order valence-corrected chi connectivity index (χ3v) is 19.0. The summed E-state index contributed by atoms with van der Waals surface area (Å²) in [7, 11) is 0. The zero-order valence-corrected chi connectivity index (χ0v) is 45.1. The molecule has 75 heavy (non-hydrogen) atoms. The van der Waals surface area contributed by atoms with Gasteiger partial charge in [-0.2, -0.15) is 0 Å². The molecular weight excluding hydrogens is 932 g/mol. The van der Waals surface area contributed by atoms with E-state index in [0.29, 0.717) is 5.75 Å². The molecule has 10 aromatic rings. The minimum atomic E-state index is -0.346. The second-order valence-corrected chi connectivity index (χ2v) is 25.8. The lowest BCUT2D eigenvalue weighted by Gasteiger charge is -2.48. The number of ether oxygens (including phenoxy) is 2. The molecule has 0 spiro atoms. The SMILES string of the molecule is CC(C)(C)c1ccc(N2B3c4cc5c(cc4N(c4ccc6c(c4)C(C)(C)CCC6(C)C)c4c3c(cc3c4C(C)(C)c4ccccc4-3)-c3cc4c(cc32)sc2ccccc24)Oc2ccccc2O5)c(-c2ccccc2)c1. The van der Waals surface area contributed by atoms with Gasteiger partial charge in [-0.3, -0.25) is 0 Å². The lowest BCUT2D eigenvalue weighted by molar-refractivity contribution is 0.332. The molecule has 0 saturated heterocycles. The molecule has 15 rings (SSSR count). The fourth-order valence-electron chi connectivity index (χ4n) is 13.8. The zero-order chi connectivity index (χ0) is 51.1. The van der Waals surface area contributed by atoms with Gasteiger partial charge in [0.05, 0.1) is 0 Å². The summed E-state index contributed by atoms with van der Waals surface area (Å²) in [5.74, 6) is 2.87. The average molecular weight is 991 g/mol. The molecule has 0 bridgehead atoms. The first-order valence-electron chi connectivity index (χ1n) is 26.9. The minimum absolute atomic E-state index is 0.0103. The van der Waals surface area contributed by atoms with Gasteiger partial charge in [0.2, 0.25) is 0 Å². The highest BCUT2D eigenvalue weighted by molar-refractivity contribution is 7.25. The molecule has 0 fully saturated rings. The van der Waals surface area contributed by atoms with E-state index in [9.17, 15) is 0 Å². The predicted molar refractivity (Wildman–Crippen MR) is 317 cm³/mol. The van der Waals surface area contributed by atoms with E-state index in [2.05, 4.69) is 218 Å². The highest BCUT2D eigenvalue weighted by Crippen LogP contribution is 2.61. The van der Waals surface area contributed by atoms with Gasteiger partial charge in [-0.15, -0.1) is 11.3 Å². The van der Waals surface area contributed by atoms with Crippen LogP contribution in [-0.2, 0) is 21.7 Å². The van der Waals surface area contributed by atoms with Crippen LogP contribution in [0.1, 0.15) is 103 Å². The van der Waals surface area contributed by atoms with E-state index in [1.165, 1.54) is 98.2 Å². The third kappa shape index (κ3) is 6.36. The standard InChI is InChI=1S/C69H59BN2O2S/c1-66(2,3)41-27-30-54(45(33-41)40-19-11-10-12-20-40)72-55-39-62-47(44-22-14-18-26-61(44)75-62)35-46(55)49-36-48-43-21-13-15-23-50(43)69(8,9)63(48)65-64(49)70(72)53-37-59-60(74-58-25-17-16-24-57(58)73-59)38-56(53)71(65)42-28-29-51-52(34-42)68(6,7)32-31-67(51,4)5/h10-30,33-39H,31-32H2,1-9H3. The van der Waals surface area contributed by atoms with Gasteiger partial charge in [0.25, 0.3) is 0 Å². The number of para-hydroxylation sites is 2. The highest BCUT2D eigenvalue weighted by Gasteiger charge is 2.52. The molecule has 0 saturated carbocycles. The molecule has 0 atom stereocenters. The number of hydrogen-bond acceptors (Lipinski definition) is 5. The van der Waals surface area contributed by atoms with Crippen LogP contribution in [0.15, 0.2) is 170 Å². The lowest BCUT2D eigenvalue weighted by atomic mass is 9.42. The fraction of sp³-hybridized carbons (Fsp3) is 0.217. The second-order valence-electron chi connectivity index (χ2n) is 24.7. The molecule has 9 aromatic carbocycles. The van der Waals surface area contributed by atoms with Crippen LogP contribution in [0.25, 0.3) is 53.6 Å². The maximum Gasteiger partial charge on any atom is 0.333 e. The summed E-state index contributed by atoms with van der Waals surface area (Å²) in [6.45, 7) is 21.4. The van der Waals surface area contributed by atoms with Crippen molar-refractivity contribution in [3.63, 3.8) is 0 Å². The minimum Gasteiger partial charge on any atom is -0.450 e. The summed E-state index contributed by atoms with van der Waals surface area (Å²) in [5.41, 5.74) is 22.4. The molecule has 1 aromatic heterocycles. The molecule has 0 amide bonds. The zero-order valence-electron chi connectivity index (χ0n) is 44.3. The van der Waals surface area contributed by atoms with Crippen LogP contribution in [0, 0.1) is 0 Å². The number of nitrogens with zero attached hydrogens (tertiary/aromatic N) is 2. The summed E-state index contributed by atoms with van der Waals surface area (Å²) >= 11 is 1.89. The maximum atomic E-state index is 6.98. The van der Waals surface area contributed by atoms with Gasteiger partial charge in [-0.25, -0.2) is 0 Å². The lowest BCUT2D eigenvalue weighted by Crippen LogP contribution is -2.62. The van der Waals surface area contributed by atoms with Gasteiger partial charge in [-0.1, -0.05) is 159 Å². The van der Waals surface area contributed by atoms with E-state index < -0.39 is 0 Å². The largest absolute Gasteiger partial charge is 0.450 e. The van der Waals surface area contributed by atoms with Crippen molar-refractivity contribution in [2.75, 3.05) is 9.71 Å². The Bertz CT molecular complexity index is 4120. The van der Waals surface area contributed by atoms with Gasteiger partial charge in [0.15, 0.2) is 23.0 Å². The van der Waals surface area contributed by atoms with E-state index in [1.54, 1.807) is 0 Å². The molecule has 5 aliphatic rings. The molecular formula is C69H59BN2O2S. The molecule has 2 aliphatic carbocycles. The Hall–Kier alpha value is -7.54. The van der Waals surface area contributed by atoms with Crippen molar-refractivity contribution in [3.8, 4) is 56.4 Å². The van der Waals surface area contributed by atoms with Crippen molar-refractivity contribution >= 4 is 77.7 Å². The summed E-state index contributed by atoms with van der Waals surface area (Å²) in [5, 5.41) is 2.59. The Morgan fingerprint density at radius 2 is 1.19 bits per heavy atom. The van der Waals surface area contributed by atoms with E-state index >= 15 is 0 Å². The van der Waals surface area contributed by atoms with Crippen molar-refractivity contribution in [2.45, 2.75) is 96.8 Å². The van der Waals surface area contributed by atoms with Crippen molar-refractivity contribution in [3.05, 3.63) is 198 Å². The number of hydrogen-bond donors (Lipinski definition) is 0. The van der Waals surface area contributed by atoms with Crippen molar-refractivity contribution in [2.24, 2.45) is 0 Å². The van der Waals surface area contributed by atoms with Crippen molar-refractivity contribution < 1.29 is 9.47 Å². The van der Waals surface area contributed by atoms with E-state index in [-0.39, 0.29) is 28.5 Å². The molecule has 4 heterocycles. The Morgan fingerprint density at radius 3 is 1.96 bits per heavy atom. The monoisotopic (exact) mass is 990 g/mol. The first kappa shape index (κ1) is 44.9. The summed E-state index contributed by atoms with van der Waals surface area (Å²) in [6, 6.07) is 64.2. The molecule has 0 radical (unpaired) electrons. The van der Waals surface area contributed by atoms with Crippen LogP contribution < -0.4 is 30.1 Å². The van der Waals surface area contributed by atoms with Gasteiger partial charge < -0.3 is 19.2 Å². The molecule has 6 heteroatoms. The highest BCUT2D eigenvalue weighted by atomic mass is 32.1. The van der Waals surface area contributed by atoms with Crippen LogP contribution in [0.5, 0.6) is 23.0 Å². The molecule has 3 aliphatic heterocycles. The van der Waals surface area contributed by atoms with E-state index in [1.807, 2.05) is 35.6 Å². The van der Waals surface area contributed by atoms with Crippen LogP contribution in [-0.4, -0.2) is 6.85 Å². The van der Waals surface area contributed by atoms with Crippen LogP contribution in [0.4, 0.5) is 28.4 Å². The molecule has 0 N–H and O–H groups in total. The summed E-state index contributed by atoms with van der Waals surface area (Å²) in [6.07, 6.45) is 2.28. The smallest absolute Gasteiger partial charge is 0.333 e. The average Bonchev–Trinajstić information content (AvgIpc) is 3.90. The Morgan fingerprint density at radius 1 is 0.493 bits per heavy atom. The van der Waals surface area contributed by atoms with Gasteiger partial charge in [0, 0.05) is 71.2 Å². The first-order valence-corrected chi connectivity index (χ1v) is 27.7. The second kappa shape index (κ2) is 15.3. The summed E-state index contributed by atoms with van der Waals surface area (Å²) in [4.78, 5) is 5.38. The molecule has 0 unspecified atom stereocenters. The van der Waals surface area contributed by atoms with Gasteiger partial charge >= 0.3 is 6.85 Å². The molecule has 4 nitrogen and oxygen atoms in total. The maximum absolute atomic E-state index is 6.98. The van der Waals surface area contributed by atoms with Crippen molar-refractivity contribution in [1.82, 2.24) is 0 Å². The van der Waals surface area contributed by atoms with Gasteiger partial charge in [0.1, 0.15) is 0 Å². The normalized spacial score (nSPS) is 16.7. The number of fused-ring (bicyclic) bond motifs is 14. The van der Waals surface area contributed by atoms with Gasteiger partial charge in [-0.05, 0) is 157 Å². The third-order valence-electron chi connectivity index (χ3n) is 17.9.